The average Bonchev–Trinajstić information content (AvgIpc) is 3.17. The molecule has 2 aromatic rings. The minimum atomic E-state index is -0.247. The number of urea groups is 1. The van der Waals surface area contributed by atoms with Gasteiger partial charge in [0.1, 0.15) is 11.4 Å². The largest absolute Gasteiger partial charge is 0.484 e. The van der Waals surface area contributed by atoms with Gasteiger partial charge in [-0.15, -0.1) is 0 Å². The van der Waals surface area contributed by atoms with Crippen LogP contribution in [0.4, 0.5) is 16.2 Å². The zero-order chi connectivity index (χ0) is 19.4. The van der Waals surface area contributed by atoms with Crippen molar-refractivity contribution in [2.45, 2.75) is 18.4 Å². The summed E-state index contributed by atoms with van der Waals surface area (Å²) < 4.78 is 11.3. The monoisotopic (exact) mass is 381 g/mol. The molecule has 0 radical (unpaired) electrons. The Morgan fingerprint density at radius 1 is 1.04 bits per heavy atom. The first kappa shape index (κ1) is 18.3. The van der Waals surface area contributed by atoms with Crippen LogP contribution in [-0.4, -0.2) is 48.7 Å². The Balaban J connectivity index is 1.26. The fourth-order valence-corrected chi connectivity index (χ4v) is 3.53. The Labute approximate surface area is 163 Å². The second-order valence-corrected chi connectivity index (χ2v) is 7.15. The van der Waals surface area contributed by atoms with Crippen LogP contribution >= 0.6 is 0 Å². The number of hydrogen-bond donors (Lipinski definition) is 2. The number of amides is 3. The van der Waals surface area contributed by atoms with Crippen LogP contribution in [0, 0.1) is 0 Å². The molecule has 0 aromatic heterocycles. The number of likely N-dealkylation sites (tertiary alicyclic amines) is 1. The molecule has 0 bridgehead atoms. The van der Waals surface area contributed by atoms with Gasteiger partial charge in [-0.25, -0.2) is 4.79 Å². The normalized spacial score (nSPS) is 17.1. The first-order valence-corrected chi connectivity index (χ1v) is 9.40. The van der Waals surface area contributed by atoms with Crippen LogP contribution in [0.5, 0.6) is 5.75 Å². The van der Waals surface area contributed by atoms with E-state index in [1.807, 2.05) is 30.3 Å². The first-order chi connectivity index (χ1) is 13.6. The number of carbonyl (C=O) groups excluding carboxylic acids is 2. The molecular weight excluding hydrogens is 358 g/mol. The van der Waals surface area contributed by atoms with E-state index in [0.29, 0.717) is 24.5 Å². The van der Waals surface area contributed by atoms with Gasteiger partial charge < -0.3 is 25.0 Å². The number of carbonyl (C=O) groups is 2. The molecule has 1 spiro atoms. The van der Waals surface area contributed by atoms with E-state index in [1.54, 1.807) is 29.2 Å². The Bertz CT molecular complexity index is 842. The second-order valence-electron chi connectivity index (χ2n) is 7.15. The number of ether oxygens (including phenoxy) is 2. The molecular formula is C21H23N3O4. The third-order valence-corrected chi connectivity index (χ3v) is 4.94. The van der Waals surface area contributed by atoms with Gasteiger partial charge in [-0.1, -0.05) is 24.3 Å². The number of hydrogen-bond acceptors (Lipinski definition) is 4. The van der Waals surface area contributed by atoms with E-state index < -0.39 is 0 Å². The zero-order valence-corrected chi connectivity index (χ0v) is 15.5. The standard InChI is InChI=1S/C21H23N3O4/c25-19(22-16-6-2-1-3-7-16)13-27-18-9-4-8-17(12-18)23-20(26)24-14-21(15-24)10-5-11-28-21/h1-4,6-9,12H,5,10-11,13-15H2,(H,22,25)(H,23,26). The summed E-state index contributed by atoms with van der Waals surface area (Å²) in [5.74, 6) is 0.267. The number of nitrogens with zero attached hydrogens (tertiary/aromatic N) is 1. The van der Waals surface area contributed by atoms with Crippen molar-refractivity contribution in [2.24, 2.45) is 0 Å². The lowest BCUT2D eigenvalue weighted by Crippen LogP contribution is -2.63. The van der Waals surface area contributed by atoms with E-state index in [2.05, 4.69) is 10.6 Å². The summed E-state index contributed by atoms with van der Waals surface area (Å²) in [6.45, 7) is 1.94. The van der Waals surface area contributed by atoms with E-state index in [1.165, 1.54) is 0 Å². The summed E-state index contributed by atoms with van der Waals surface area (Å²) in [4.78, 5) is 26.1. The molecule has 2 fully saturated rings. The fourth-order valence-electron chi connectivity index (χ4n) is 3.53. The topological polar surface area (TPSA) is 79.9 Å². The summed E-state index contributed by atoms with van der Waals surface area (Å²) in [5, 5.41) is 5.63. The average molecular weight is 381 g/mol. The Morgan fingerprint density at radius 2 is 1.82 bits per heavy atom. The van der Waals surface area contributed by atoms with Gasteiger partial charge in [-0.05, 0) is 37.1 Å². The van der Waals surface area contributed by atoms with Crippen LogP contribution in [0.25, 0.3) is 0 Å². The predicted octanol–water partition coefficient (Wildman–Crippen LogP) is 3.10. The van der Waals surface area contributed by atoms with Crippen molar-refractivity contribution in [3.8, 4) is 5.75 Å². The third kappa shape index (κ3) is 4.26. The van der Waals surface area contributed by atoms with E-state index in [-0.39, 0.29) is 24.1 Å². The van der Waals surface area contributed by atoms with Gasteiger partial charge in [0.05, 0.1) is 13.1 Å². The molecule has 2 saturated heterocycles. The van der Waals surface area contributed by atoms with E-state index in [4.69, 9.17) is 9.47 Å². The maximum atomic E-state index is 12.4. The maximum Gasteiger partial charge on any atom is 0.322 e. The van der Waals surface area contributed by atoms with Crippen molar-refractivity contribution in [1.82, 2.24) is 4.90 Å². The lowest BCUT2D eigenvalue weighted by atomic mass is 9.91. The van der Waals surface area contributed by atoms with Gasteiger partial charge in [-0.2, -0.15) is 0 Å². The highest BCUT2D eigenvalue weighted by Crippen LogP contribution is 2.35. The van der Waals surface area contributed by atoms with E-state index >= 15 is 0 Å². The second kappa shape index (κ2) is 7.90. The molecule has 0 saturated carbocycles. The van der Waals surface area contributed by atoms with Crippen LogP contribution in [-0.2, 0) is 9.53 Å². The number of para-hydroxylation sites is 1. The molecule has 3 amide bonds. The molecule has 2 aliphatic rings. The summed E-state index contributed by atoms with van der Waals surface area (Å²) >= 11 is 0. The molecule has 7 nitrogen and oxygen atoms in total. The number of nitrogens with one attached hydrogen (secondary N) is 2. The van der Waals surface area contributed by atoms with Gasteiger partial charge in [-0.3, -0.25) is 4.79 Å². The fraction of sp³-hybridized carbons (Fsp3) is 0.333. The molecule has 28 heavy (non-hydrogen) atoms. The smallest absolute Gasteiger partial charge is 0.322 e. The minimum Gasteiger partial charge on any atom is -0.484 e. The lowest BCUT2D eigenvalue weighted by Gasteiger charge is -2.46. The Hall–Kier alpha value is -3.06. The van der Waals surface area contributed by atoms with Gasteiger partial charge in [0.15, 0.2) is 6.61 Å². The van der Waals surface area contributed by atoms with Crippen molar-refractivity contribution in [3.63, 3.8) is 0 Å². The van der Waals surface area contributed by atoms with Crippen LogP contribution in [0.3, 0.4) is 0 Å². The summed E-state index contributed by atoms with van der Waals surface area (Å²) in [6.07, 6.45) is 2.08. The summed E-state index contributed by atoms with van der Waals surface area (Å²) in [6, 6.07) is 16.1. The van der Waals surface area contributed by atoms with Crippen molar-refractivity contribution >= 4 is 23.3 Å². The quantitative estimate of drug-likeness (QED) is 0.834. The number of anilines is 2. The molecule has 2 aliphatic heterocycles. The molecule has 0 aliphatic carbocycles. The van der Waals surface area contributed by atoms with Crippen molar-refractivity contribution < 1.29 is 19.1 Å². The molecule has 2 N–H and O–H groups in total. The van der Waals surface area contributed by atoms with E-state index in [0.717, 1.165) is 25.1 Å². The summed E-state index contributed by atoms with van der Waals surface area (Å²) in [7, 11) is 0. The molecule has 2 heterocycles. The van der Waals surface area contributed by atoms with Crippen molar-refractivity contribution in [1.29, 1.82) is 0 Å². The van der Waals surface area contributed by atoms with Crippen molar-refractivity contribution in [2.75, 3.05) is 36.9 Å². The zero-order valence-electron chi connectivity index (χ0n) is 15.5. The number of benzene rings is 2. The Kier molecular flexibility index (Phi) is 5.16. The van der Waals surface area contributed by atoms with Crippen LogP contribution in [0.15, 0.2) is 54.6 Å². The van der Waals surface area contributed by atoms with Gasteiger partial charge >= 0.3 is 6.03 Å². The molecule has 2 aromatic carbocycles. The highest BCUT2D eigenvalue weighted by molar-refractivity contribution is 5.92. The SMILES string of the molecule is O=C(COc1cccc(NC(=O)N2CC3(CCCO3)C2)c1)Nc1ccccc1. The van der Waals surface area contributed by atoms with E-state index in [9.17, 15) is 9.59 Å². The van der Waals surface area contributed by atoms with Crippen LogP contribution in [0.1, 0.15) is 12.8 Å². The number of rotatable bonds is 5. The Morgan fingerprint density at radius 3 is 2.57 bits per heavy atom. The molecule has 4 rings (SSSR count). The van der Waals surface area contributed by atoms with Crippen molar-refractivity contribution in [3.05, 3.63) is 54.6 Å². The molecule has 0 atom stereocenters. The molecule has 146 valence electrons. The highest BCUT2D eigenvalue weighted by Gasteiger charge is 2.48. The third-order valence-electron chi connectivity index (χ3n) is 4.94. The van der Waals surface area contributed by atoms with Crippen LogP contribution in [0.2, 0.25) is 0 Å². The van der Waals surface area contributed by atoms with Crippen LogP contribution < -0.4 is 15.4 Å². The molecule has 0 unspecified atom stereocenters. The first-order valence-electron chi connectivity index (χ1n) is 9.40. The lowest BCUT2D eigenvalue weighted by molar-refractivity contribution is -0.118. The van der Waals surface area contributed by atoms with Gasteiger partial charge in [0, 0.05) is 24.0 Å². The maximum absolute atomic E-state index is 12.4. The molecule has 7 heteroatoms. The predicted molar refractivity (Wildman–Crippen MR) is 106 cm³/mol. The van der Waals surface area contributed by atoms with Gasteiger partial charge in [0.2, 0.25) is 0 Å². The summed E-state index contributed by atoms with van der Waals surface area (Å²) in [5.41, 5.74) is 1.23. The highest BCUT2D eigenvalue weighted by atomic mass is 16.5. The van der Waals surface area contributed by atoms with Gasteiger partial charge in [0.25, 0.3) is 5.91 Å². The minimum absolute atomic E-state index is 0.113.